The van der Waals surface area contributed by atoms with Gasteiger partial charge in [-0.3, -0.25) is 52.7 Å². The van der Waals surface area contributed by atoms with Crippen molar-refractivity contribution in [1.82, 2.24) is 52.3 Å². The van der Waals surface area contributed by atoms with E-state index in [0.717, 1.165) is 30.9 Å². The van der Waals surface area contributed by atoms with Gasteiger partial charge in [0.2, 0.25) is 59.1 Å². The molecule has 4 aliphatic rings. The highest BCUT2D eigenvalue weighted by molar-refractivity contribution is 7.98. The number of ether oxygens (including phenoxy) is 1. The van der Waals surface area contributed by atoms with E-state index < -0.39 is 163 Å². The summed E-state index contributed by atoms with van der Waals surface area (Å²) in [7, 11) is 0. The van der Waals surface area contributed by atoms with E-state index in [1.807, 2.05) is 6.07 Å². The third-order valence-electron chi connectivity index (χ3n) is 16.1. The number of carboxylic acids is 2. The number of nitrogens with two attached hydrogens (primary N) is 1. The van der Waals surface area contributed by atoms with Crippen LogP contribution in [0.4, 0.5) is 0 Å². The number of aliphatic carboxylic acids is 2. The van der Waals surface area contributed by atoms with E-state index in [0.29, 0.717) is 48.3 Å². The van der Waals surface area contributed by atoms with Crippen LogP contribution in [0.3, 0.4) is 0 Å². The van der Waals surface area contributed by atoms with Gasteiger partial charge in [0.05, 0.1) is 12.7 Å². The van der Waals surface area contributed by atoms with Gasteiger partial charge >= 0.3 is 0 Å². The van der Waals surface area contributed by atoms with Crippen LogP contribution in [0.25, 0.3) is 0 Å². The Morgan fingerprint density at radius 1 is 0.646 bits per heavy atom. The van der Waals surface area contributed by atoms with Gasteiger partial charge in [0.25, 0.3) is 5.91 Å². The number of carboxylic acid groups (broad SMARTS) is 2. The molecule has 4 bridgehead atoms. The smallest absolute Gasteiger partial charge is 0.266 e. The Bertz CT molecular complexity index is 3160. The molecule has 2 aromatic rings. The number of thioether (sulfide) groups is 2. The lowest BCUT2D eigenvalue weighted by atomic mass is 10.0. The Morgan fingerprint density at radius 2 is 1.21 bits per heavy atom. The highest BCUT2D eigenvalue weighted by Gasteiger charge is 2.43. The lowest BCUT2D eigenvalue weighted by molar-refractivity contribution is -0.307. The average molecular weight is 1380 g/mol. The second-order valence-corrected chi connectivity index (χ2v) is 26.5. The number of rotatable bonds is 11. The number of aromatic hydroxyl groups is 1. The van der Waals surface area contributed by atoms with Crippen molar-refractivity contribution >= 4 is 107 Å². The Morgan fingerprint density at radius 3 is 1.81 bits per heavy atom. The zero-order valence-electron chi connectivity index (χ0n) is 54.0. The molecule has 0 aromatic heterocycles. The number of aliphatic hydroxyl groups excluding tert-OH is 1. The topological polar surface area (TPSA) is 468 Å². The fraction of sp³-hybridized carbons (Fsp3) is 0.587. The number of amides is 11. The highest BCUT2D eigenvalue weighted by atomic mass is 32.2. The minimum Gasteiger partial charge on any atom is -0.550 e. The number of carbonyl (C=O) groups excluding carboxylic acids is 13. The Hall–Kier alpha value is -8.72. The van der Waals surface area contributed by atoms with Gasteiger partial charge < -0.3 is 97.7 Å². The maximum atomic E-state index is 14.9. The monoisotopic (exact) mass is 1380 g/mol. The van der Waals surface area contributed by atoms with Gasteiger partial charge in [-0.1, -0.05) is 37.2 Å². The molecule has 0 radical (unpaired) electrons. The molecule has 12 N–H and O–H groups in total. The molecule has 11 amide bonds. The molecule has 4 aliphatic heterocycles. The van der Waals surface area contributed by atoms with E-state index in [2.05, 4.69) is 47.7 Å². The standard InChI is InChI=1S/C63H88N12O19S2/c1-34(2)23-43-57(86)68-45(28-52(81)82)59(88)73-53(36(4)76)63(92)75-20-10-12-49(75)61(90)70-44(27-37-13-15-40(77)16-14-37)58(87)67-42(17-18-51(79)80)56(85)71-46(54(64)83)32-95-30-38-24-39-26-41(25-38)93-21-7-5-6-8-22-94-65-29-50(78)66-35(3)55(84)72-47(33-96-31-39)62(91)74-19-9-11-48(74)60(89)69-43/h13-16,24-26,29,34-36,42-49,53,76-77H,5-12,17-23,27-28,30-33H2,1-4H3,(H2,64,83)(H,66,78)(H,67,87)(H,68,86)(H,69,89)(H,70,90)(H,71,85)(H,72,84)(H,73,88)(H,79,80)(H,81,82)/p-2/b65-29+/t35-,36+,42-,43-,44-,45-,46-,47-,48-,49-,53-/m0/s1. The van der Waals surface area contributed by atoms with Crippen LogP contribution in [0.5, 0.6) is 11.5 Å². The minimum atomic E-state index is -2.01. The molecule has 31 nitrogen and oxygen atoms in total. The van der Waals surface area contributed by atoms with Gasteiger partial charge in [0.15, 0.2) is 0 Å². The van der Waals surface area contributed by atoms with Gasteiger partial charge in [-0.15, -0.1) is 0 Å². The molecule has 2 saturated heterocycles. The highest BCUT2D eigenvalue weighted by Crippen LogP contribution is 2.28. The number of fused-ring (bicyclic) bond motifs is 7. The molecule has 0 unspecified atom stereocenters. The van der Waals surface area contributed by atoms with E-state index >= 15 is 0 Å². The number of benzene rings is 2. The summed E-state index contributed by atoms with van der Waals surface area (Å²) >= 11 is 2.40. The molecule has 4 heterocycles. The number of phenols is 1. The molecule has 0 spiro atoms. The normalized spacial score (nSPS) is 26.6. The number of hydrogen-bond acceptors (Lipinski definition) is 22. The summed E-state index contributed by atoms with van der Waals surface area (Å²) in [6, 6.07) is -4.37. The third-order valence-corrected chi connectivity index (χ3v) is 18.4. The van der Waals surface area contributed by atoms with Crippen LogP contribution in [-0.4, -0.2) is 207 Å². The molecule has 0 saturated carbocycles. The first kappa shape index (κ1) is 76.3. The predicted molar refractivity (Wildman–Crippen MR) is 344 cm³/mol. The minimum absolute atomic E-state index is 0.0272. The van der Waals surface area contributed by atoms with Crippen LogP contribution in [0, 0.1) is 5.92 Å². The molecular weight excluding hydrogens is 1290 g/mol. The molecule has 11 atom stereocenters. The lowest BCUT2D eigenvalue weighted by Crippen LogP contribution is -2.62. The summed E-state index contributed by atoms with van der Waals surface area (Å²) in [6.07, 6.45) is -0.511. The van der Waals surface area contributed by atoms with Crippen molar-refractivity contribution in [1.29, 1.82) is 0 Å². The second-order valence-electron chi connectivity index (χ2n) is 24.4. The molecule has 0 aliphatic carbocycles. The van der Waals surface area contributed by atoms with Crippen LogP contribution in [0.1, 0.15) is 121 Å². The van der Waals surface area contributed by atoms with Gasteiger partial charge in [0, 0.05) is 60.9 Å². The number of nitrogens with zero attached hydrogens (tertiary/aromatic N) is 3. The van der Waals surface area contributed by atoms with Crippen LogP contribution in [0.2, 0.25) is 0 Å². The number of primary amides is 1. The van der Waals surface area contributed by atoms with E-state index in [1.54, 1.807) is 26.0 Å². The first-order chi connectivity index (χ1) is 45.7. The Labute approximate surface area is 563 Å². The zero-order chi connectivity index (χ0) is 70.2. The molecule has 33 heteroatoms. The van der Waals surface area contributed by atoms with Crippen LogP contribution < -0.4 is 63.2 Å². The molecule has 96 heavy (non-hydrogen) atoms. The van der Waals surface area contributed by atoms with Crippen molar-refractivity contribution in [2.75, 3.05) is 37.8 Å². The summed E-state index contributed by atoms with van der Waals surface area (Å²) in [6.45, 7) is 6.32. The van der Waals surface area contributed by atoms with E-state index in [1.165, 1.54) is 59.6 Å². The van der Waals surface area contributed by atoms with Gasteiger partial charge in [-0.25, -0.2) is 0 Å². The summed E-state index contributed by atoms with van der Waals surface area (Å²) in [5, 5.41) is 69.1. The van der Waals surface area contributed by atoms with E-state index in [9.17, 15) is 82.8 Å². The SMILES string of the molecule is CC(C)C[C@@H]1NC(=O)[C@@H]2CCCN2C(=O)[C@@H]2CSCc3cc(cc(c3)OCCCCCCO/N=C/C(=O)N[C@@H](C)C(=O)N2)CSC[C@@H](C(N)=O)NC(=O)[C@H](CCC(=O)[O-])NC(=O)[C@H](Cc2ccc(O)cc2)NC(=O)[C@@H]2CCCN2C(=O)[C@H]([C@@H](C)O)NC(=O)[C@H](CC(=O)[O-])NC1=O. The van der Waals surface area contributed by atoms with E-state index in [4.69, 9.17) is 15.3 Å². The second kappa shape index (κ2) is 37.5. The Kier molecular flexibility index (Phi) is 29.8. The van der Waals surface area contributed by atoms with Crippen molar-refractivity contribution in [2.24, 2.45) is 16.8 Å². The molecular formula is C63H86N12O19S2-2. The van der Waals surface area contributed by atoms with Gasteiger partial charge in [0.1, 0.15) is 84.7 Å². The maximum absolute atomic E-state index is 14.9. The molecule has 6 rings (SSSR count). The fourth-order valence-corrected chi connectivity index (χ4v) is 13.2. The summed E-state index contributed by atoms with van der Waals surface area (Å²) in [4.78, 5) is 187. The fourth-order valence-electron chi connectivity index (χ4n) is 11.2. The first-order valence-corrected chi connectivity index (χ1v) is 34.2. The van der Waals surface area contributed by atoms with Gasteiger partial charge in [-0.05, 0) is 131 Å². The lowest BCUT2D eigenvalue weighted by Gasteiger charge is -2.32. The predicted octanol–water partition coefficient (Wildman–Crippen LogP) is -3.47. The largest absolute Gasteiger partial charge is 0.550 e. The van der Waals surface area contributed by atoms with E-state index in [-0.39, 0.29) is 86.5 Å². The number of phenolic OH excluding ortho intramolecular Hbond substituents is 1. The number of aliphatic hydroxyl groups is 1. The summed E-state index contributed by atoms with van der Waals surface area (Å²) in [5.74, 6) is -13.7. The van der Waals surface area contributed by atoms with Crippen molar-refractivity contribution in [3.8, 4) is 11.5 Å². The average Bonchev–Trinajstić information content (AvgIpc) is 1.61. The van der Waals surface area contributed by atoms with Crippen LogP contribution in [0.15, 0.2) is 47.6 Å². The summed E-state index contributed by atoms with van der Waals surface area (Å²) in [5.41, 5.74) is 7.59. The van der Waals surface area contributed by atoms with Crippen molar-refractivity contribution < 1.29 is 92.3 Å². The number of nitrogens with one attached hydrogen (secondary N) is 8. The van der Waals surface area contributed by atoms with Crippen LogP contribution in [-0.2, 0) is 85.1 Å². The first-order valence-electron chi connectivity index (χ1n) is 31.9. The third kappa shape index (κ3) is 23.9. The number of oxime groups is 1. The Balaban J connectivity index is 1.40. The van der Waals surface area contributed by atoms with Crippen molar-refractivity contribution in [2.45, 2.75) is 189 Å². The van der Waals surface area contributed by atoms with Crippen molar-refractivity contribution in [3.63, 3.8) is 0 Å². The maximum Gasteiger partial charge on any atom is 0.266 e. The number of carbonyl (C=O) groups is 13. The summed E-state index contributed by atoms with van der Waals surface area (Å²) < 4.78 is 6.24. The zero-order valence-corrected chi connectivity index (χ0v) is 55.6. The number of hydrogen-bond donors (Lipinski definition) is 11. The quantitative estimate of drug-likeness (QED) is 0.104. The molecule has 2 fully saturated rings. The van der Waals surface area contributed by atoms with Crippen LogP contribution >= 0.6 is 23.5 Å². The molecule has 526 valence electrons. The molecule has 2 aromatic carbocycles. The van der Waals surface area contributed by atoms with Gasteiger partial charge in [-0.2, -0.15) is 23.5 Å². The van der Waals surface area contributed by atoms with Crippen molar-refractivity contribution in [3.05, 3.63) is 59.2 Å².